The van der Waals surface area contributed by atoms with E-state index in [4.69, 9.17) is 16.6 Å². The maximum absolute atomic E-state index is 11.1. The van der Waals surface area contributed by atoms with Gasteiger partial charge in [0.05, 0.1) is 0 Å². The predicted octanol–water partition coefficient (Wildman–Crippen LogP) is -0.966. The normalized spacial score (nSPS) is 12.1. The van der Waals surface area contributed by atoms with Gasteiger partial charge in [-0.15, -0.1) is 0 Å². The largest absolute Gasteiger partial charge is 0.480 e. The van der Waals surface area contributed by atoms with Crippen LogP contribution in [0.3, 0.4) is 0 Å². The zero-order chi connectivity index (χ0) is 11.7. The molecule has 1 atom stereocenters. The van der Waals surface area contributed by atoms with Crippen LogP contribution in [0.4, 0.5) is 0 Å². The van der Waals surface area contributed by atoms with E-state index < -0.39 is 12.0 Å². The number of carbonyl (C=O) groups is 2. The summed E-state index contributed by atoms with van der Waals surface area (Å²) in [5.41, 5.74) is 10.5. The van der Waals surface area contributed by atoms with Crippen molar-refractivity contribution in [1.29, 1.82) is 0 Å². The van der Waals surface area contributed by atoms with Gasteiger partial charge in [0.1, 0.15) is 6.04 Å². The molecule has 88 valence electrons. The second-order valence-corrected chi connectivity index (χ2v) is 3.33. The molecule has 0 aromatic heterocycles. The quantitative estimate of drug-likeness (QED) is 0.390. The standard InChI is InChI=1S/C9H19N3O3/c10-5-1-4-8(13)12-6-2-3-7(11)9(14)15/h7H,1-6,10-11H2,(H,12,13)(H,14,15). The Bertz CT molecular complexity index is 209. The van der Waals surface area contributed by atoms with E-state index in [1.54, 1.807) is 0 Å². The predicted molar refractivity (Wildman–Crippen MR) is 56.1 cm³/mol. The monoisotopic (exact) mass is 217 g/mol. The van der Waals surface area contributed by atoms with E-state index in [2.05, 4.69) is 5.32 Å². The van der Waals surface area contributed by atoms with Crippen molar-refractivity contribution in [3.8, 4) is 0 Å². The molecule has 6 heteroatoms. The Hall–Kier alpha value is -1.14. The second kappa shape index (κ2) is 8.19. The molecular weight excluding hydrogens is 198 g/mol. The van der Waals surface area contributed by atoms with Crippen molar-refractivity contribution in [2.24, 2.45) is 11.5 Å². The molecule has 0 aliphatic carbocycles. The van der Waals surface area contributed by atoms with Gasteiger partial charge in [-0.2, -0.15) is 0 Å². The lowest BCUT2D eigenvalue weighted by atomic mass is 10.2. The van der Waals surface area contributed by atoms with Gasteiger partial charge in [0.25, 0.3) is 0 Å². The van der Waals surface area contributed by atoms with Crippen LogP contribution in [0.2, 0.25) is 0 Å². The Kier molecular flexibility index (Phi) is 7.57. The molecule has 6 nitrogen and oxygen atoms in total. The molecule has 0 saturated carbocycles. The highest BCUT2D eigenvalue weighted by Crippen LogP contribution is 1.93. The van der Waals surface area contributed by atoms with Crippen molar-refractivity contribution < 1.29 is 14.7 Å². The number of carboxylic acids is 1. The minimum absolute atomic E-state index is 0.0515. The lowest BCUT2D eigenvalue weighted by molar-refractivity contribution is -0.138. The number of hydrogen-bond acceptors (Lipinski definition) is 4. The maximum Gasteiger partial charge on any atom is 0.320 e. The summed E-state index contributed by atoms with van der Waals surface area (Å²) in [7, 11) is 0. The first kappa shape index (κ1) is 13.9. The number of carbonyl (C=O) groups excluding carboxylic acids is 1. The van der Waals surface area contributed by atoms with Crippen molar-refractivity contribution in [2.75, 3.05) is 13.1 Å². The molecule has 1 unspecified atom stereocenters. The molecule has 0 aliphatic heterocycles. The van der Waals surface area contributed by atoms with Gasteiger partial charge >= 0.3 is 5.97 Å². The molecule has 0 bridgehead atoms. The molecule has 6 N–H and O–H groups in total. The van der Waals surface area contributed by atoms with Gasteiger partial charge in [-0.1, -0.05) is 0 Å². The summed E-state index contributed by atoms with van der Waals surface area (Å²) in [4.78, 5) is 21.4. The first-order valence-corrected chi connectivity index (χ1v) is 5.03. The third-order valence-electron chi connectivity index (χ3n) is 1.94. The van der Waals surface area contributed by atoms with Gasteiger partial charge < -0.3 is 21.9 Å². The second-order valence-electron chi connectivity index (χ2n) is 3.33. The zero-order valence-corrected chi connectivity index (χ0v) is 8.74. The molecule has 0 fully saturated rings. The summed E-state index contributed by atoms with van der Waals surface area (Å²) >= 11 is 0. The number of nitrogens with one attached hydrogen (secondary N) is 1. The third kappa shape index (κ3) is 7.90. The van der Waals surface area contributed by atoms with Crippen molar-refractivity contribution in [3.63, 3.8) is 0 Å². The lowest BCUT2D eigenvalue weighted by Gasteiger charge is -2.07. The van der Waals surface area contributed by atoms with Crippen LogP contribution < -0.4 is 16.8 Å². The Morgan fingerprint density at radius 2 is 2.00 bits per heavy atom. The van der Waals surface area contributed by atoms with Crippen molar-refractivity contribution in [2.45, 2.75) is 31.7 Å². The van der Waals surface area contributed by atoms with E-state index in [9.17, 15) is 9.59 Å². The van der Waals surface area contributed by atoms with E-state index in [1.165, 1.54) is 0 Å². The smallest absolute Gasteiger partial charge is 0.320 e. The van der Waals surface area contributed by atoms with E-state index >= 15 is 0 Å². The van der Waals surface area contributed by atoms with Gasteiger partial charge in [0.2, 0.25) is 5.91 Å². The molecule has 0 aromatic rings. The summed E-state index contributed by atoms with van der Waals surface area (Å²) in [5, 5.41) is 11.1. The van der Waals surface area contributed by atoms with Crippen molar-refractivity contribution >= 4 is 11.9 Å². The zero-order valence-electron chi connectivity index (χ0n) is 8.74. The average molecular weight is 217 g/mol. The molecule has 0 heterocycles. The summed E-state index contributed by atoms with van der Waals surface area (Å²) in [6.07, 6.45) is 2.02. The maximum atomic E-state index is 11.1. The van der Waals surface area contributed by atoms with Crippen LogP contribution in [0.15, 0.2) is 0 Å². The van der Waals surface area contributed by atoms with Gasteiger partial charge in [-0.25, -0.2) is 0 Å². The molecule has 0 radical (unpaired) electrons. The topological polar surface area (TPSA) is 118 Å². The fraction of sp³-hybridized carbons (Fsp3) is 0.778. The SMILES string of the molecule is NCCCC(=O)NCCCC(N)C(=O)O. The highest BCUT2D eigenvalue weighted by atomic mass is 16.4. The van der Waals surface area contributed by atoms with Crippen LogP contribution in [-0.4, -0.2) is 36.1 Å². The fourth-order valence-electron chi connectivity index (χ4n) is 1.02. The van der Waals surface area contributed by atoms with Crippen LogP contribution in [0.5, 0.6) is 0 Å². The lowest BCUT2D eigenvalue weighted by Crippen LogP contribution is -2.32. The van der Waals surface area contributed by atoms with E-state index in [1.807, 2.05) is 0 Å². The number of carboxylic acid groups (broad SMARTS) is 1. The number of nitrogens with two attached hydrogens (primary N) is 2. The molecule has 0 saturated heterocycles. The summed E-state index contributed by atoms with van der Waals surface area (Å²) in [6, 6.07) is -0.842. The highest BCUT2D eigenvalue weighted by Gasteiger charge is 2.10. The van der Waals surface area contributed by atoms with Crippen molar-refractivity contribution in [3.05, 3.63) is 0 Å². The first-order chi connectivity index (χ1) is 7.07. The van der Waals surface area contributed by atoms with Gasteiger partial charge in [-0.3, -0.25) is 9.59 Å². The molecule has 0 aliphatic rings. The molecular formula is C9H19N3O3. The van der Waals surface area contributed by atoms with Crippen LogP contribution in [0.1, 0.15) is 25.7 Å². The van der Waals surface area contributed by atoms with Crippen LogP contribution in [0.25, 0.3) is 0 Å². The Balaban J connectivity index is 3.38. The number of amides is 1. The van der Waals surface area contributed by atoms with E-state index in [0.29, 0.717) is 38.8 Å². The van der Waals surface area contributed by atoms with E-state index in [0.717, 1.165) is 0 Å². The highest BCUT2D eigenvalue weighted by molar-refractivity contribution is 5.75. The third-order valence-corrected chi connectivity index (χ3v) is 1.94. The Morgan fingerprint density at radius 1 is 1.33 bits per heavy atom. The summed E-state index contributed by atoms with van der Waals surface area (Å²) in [6.45, 7) is 0.960. The minimum atomic E-state index is -1.01. The molecule has 0 spiro atoms. The number of aliphatic carboxylic acids is 1. The van der Waals surface area contributed by atoms with E-state index in [-0.39, 0.29) is 5.91 Å². The number of hydrogen-bond donors (Lipinski definition) is 4. The molecule has 0 aromatic carbocycles. The van der Waals surface area contributed by atoms with Gasteiger partial charge in [0.15, 0.2) is 0 Å². The first-order valence-electron chi connectivity index (χ1n) is 5.03. The molecule has 1 amide bonds. The Morgan fingerprint density at radius 3 is 2.53 bits per heavy atom. The van der Waals surface area contributed by atoms with Gasteiger partial charge in [-0.05, 0) is 25.8 Å². The summed E-state index contributed by atoms with van der Waals surface area (Å²) < 4.78 is 0. The Labute approximate surface area is 89.0 Å². The molecule has 0 rings (SSSR count). The summed E-state index contributed by atoms with van der Waals surface area (Å²) in [5.74, 6) is -1.06. The van der Waals surface area contributed by atoms with Crippen LogP contribution >= 0.6 is 0 Å². The van der Waals surface area contributed by atoms with Crippen molar-refractivity contribution in [1.82, 2.24) is 5.32 Å². The molecule has 15 heavy (non-hydrogen) atoms. The minimum Gasteiger partial charge on any atom is -0.480 e. The number of rotatable bonds is 8. The fourth-order valence-corrected chi connectivity index (χ4v) is 1.02. The average Bonchev–Trinajstić information content (AvgIpc) is 2.20. The van der Waals surface area contributed by atoms with Crippen LogP contribution in [0, 0.1) is 0 Å². The van der Waals surface area contributed by atoms with Crippen LogP contribution in [-0.2, 0) is 9.59 Å². The van der Waals surface area contributed by atoms with Gasteiger partial charge in [0, 0.05) is 13.0 Å².